The van der Waals surface area contributed by atoms with Crippen LogP contribution in [0.15, 0.2) is 36.4 Å². The number of amides is 2. The van der Waals surface area contributed by atoms with Gasteiger partial charge in [0, 0.05) is 18.7 Å². The van der Waals surface area contributed by atoms with Crippen molar-refractivity contribution in [1.82, 2.24) is 10.2 Å². The second-order valence-electron chi connectivity index (χ2n) is 8.75. The lowest BCUT2D eigenvalue weighted by Crippen LogP contribution is -2.48. The molecule has 7 nitrogen and oxygen atoms in total. The fourth-order valence-electron chi connectivity index (χ4n) is 5.09. The van der Waals surface area contributed by atoms with Crippen LogP contribution < -0.4 is 19.5 Å². The third kappa shape index (κ3) is 4.36. The van der Waals surface area contributed by atoms with Crippen molar-refractivity contribution < 1.29 is 23.8 Å². The monoisotopic (exact) mass is 452 g/mol. The van der Waals surface area contributed by atoms with Crippen LogP contribution in [0.3, 0.4) is 0 Å². The minimum atomic E-state index is -0.585. The number of nitrogens with one attached hydrogen (secondary N) is 1. The number of carbonyl (C=O) groups is 2. The molecule has 0 spiro atoms. The smallest absolute Gasteiger partial charge is 0.254 e. The van der Waals surface area contributed by atoms with E-state index < -0.39 is 12.0 Å². The van der Waals surface area contributed by atoms with Crippen molar-refractivity contribution in [2.45, 2.75) is 50.1 Å². The summed E-state index contributed by atoms with van der Waals surface area (Å²) < 4.78 is 16.2. The Morgan fingerprint density at radius 1 is 0.939 bits per heavy atom. The Morgan fingerprint density at radius 2 is 1.58 bits per heavy atom. The molecule has 1 aliphatic carbocycles. The molecule has 1 saturated carbocycles. The number of likely N-dealkylation sites (N-methyl/N-ethyl adjacent to an activating group) is 1. The van der Waals surface area contributed by atoms with Crippen LogP contribution in [0, 0.1) is 0 Å². The molecule has 176 valence electrons. The fourth-order valence-corrected chi connectivity index (χ4v) is 5.09. The van der Waals surface area contributed by atoms with Gasteiger partial charge in [0.05, 0.1) is 33.3 Å². The number of hydrogen-bond donors (Lipinski definition) is 1. The van der Waals surface area contributed by atoms with Gasteiger partial charge in [0.1, 0.15) is 5.75 Å². The van der Waals surface area contributed by atoms with E-state index in [0.717, 1.165) is 37.0 Å². The number of methoxy groups -OCH3 is 3. The van der Waals surface area contributed by atoms with Crippen LogP contribution in [0.4, 0.5) is 0 Å². The maximum Gasteiger partial charge on any atom is 0.254 e. The molecule has 7 heteroatoms. The third-order valence-electron chi connectivity index (χ3n) is 6.87. The molecule has 33 heavy (non-hydrogen) atoms. The summed E-state index contributed by atoms with van der Waals surface area (Å²) in [5.74, 6) is 0.866. The summed E-state index contributed by atoms with van der Waals surface area (Å²) in [5, 5.41) is 3.28. The Balaban J connectivity index is 1.82. The number of benzene rings is 2. The van der Waals surface area contributed by atoms with Crippen molar-refractivity contribution in [3.8, 4) is 17.2 Å². The molecule has 1 aliphatic heterocycles. The van der Waals surface area contributed by atoms with Gasteiger partial charge in [-0.15, -0.1) is 0 Å². The number of ether oxygens (including phenoxy) is 3. The van der Waals surface area contributed by atoms with Crippen molar-refractivity contribution in [2.24, 2.45) is 0 Å². The van der Waals surface area contributed by atoms with Gasteiger partial charge in [-0.2, -0.15) is 0 Å². The van der Waals surface area contributed by atoms with Gasteiger partial charge in [0.15, 0.2) is 11.5 Å². The van der Waals surface area contributed by atoms with Crippen LogP contribution >= 0.6 is 0 Å². The molecule has 0 bridgehead atoms. The predicted octanol–water partition coefficient (Wildman–Crippen LogP) is 4.07. The Kier molecular flexibility index (Phi) is 6.77. The van der Waals surface area contributed by atoms with Crippen LogP contribution in [-0.2, 0) is 4.79 Å². The first-order valence-electron chi connectivity index (χ1n) is 11.5. The first kappa shape index (κ1) is 23.0. The minimum absolute atomic E-state index is 0.0736. The van der Waals surface area contributed by atoms with Crippen LogP contribution in [-0.4, -0.2) is 51.1 Å². The average molecular weight is 453 g/mol. The zero-order chi connectivity index (χ0) is 23.5. The van der Waals surface area contributed by atoms with Gasteiger partial charge in [0.2, 0.25) is 5.91 Å². The maximum atomic E-state index is 13.8. The van der Waals surface area contributed by atoms with E-state index in [4.69, 9.17) is 14.2 Å². The molecule has 2 atom stereocenters. The molecule has 1 fully saturated rings. The normalized spacial score (nSPS) is 20.7. The van der Waals surface area contributed by atoms with Crippen LogP contribution in [0.25, 0.3) is 0 Å². The predicted molar refractivity (Wildman–Crippen MR) is 125 cm³/mol. The highest BCUT2D eigenvalue weighted by Gasteiger charge is 2.44. The van der Waals surface area contributed by atoms with Gasteiger partial charge in [-0.25, -0.2) is 0 Å². The second-order valence-corrected chi connectivity index (χ2v) is 8.75. The lowest BCUT2D eigenvalue weighted by Gasteiger charge is -2.40. The molecule has 1 heterocycles. The van der Waals surface area contributed by atoms with E-state index in [0.29, 0.717) is 22.6 Å². The average Bonchev–Trinajstić information content (AvgIpc) is 2.85. The quantitative estimate of drug-likeness (QED) is 0.715. The number of nitrogens with zero attached hydrogens (tertiary/aromatic N) is 1. The zero-order valence-electron chi connectivity index (χ0n) is 19.7. The molecule has 2 amide bonds. The lowest BCUT2D eigenvalue weighted by atomic mass is 9.78. The summed E-state index contributed by atoms with van der Waals surface area (Å²) >= 11 is 0. The lowest BCUT2D eigenvalue weighted by molar-refractivity contribution is -0.125. The summed E-state index contributed by atoms with van der Waals surface area (Å²) in [6.45, 7) is 0. The Morgan fingerprint density at radius 3 is 2.18 bits per heavy atom. The molecule has 0 aromatic heterocycles. The van der Waals surface area contributed by atoms with Gasteiger partial charge in [-0.05, 0) is 48.2 Å². The van der Waals surface area contributed by atoms with Crippen molar-refractivity contribution in [3.05, 3.63) is 53.1 Å². The van der Waals surface area contributed by atoms with Crippen LogP contribution in [0.2, 0.25) is 0 Å². The van der Waals surface area contributed by atoms with Gasteiger partial charge in [-0.1, -0.05) is 31.4 Å². The molecular weight excluding hydrogens is 420 g/mol. The SMILES string of the molecule is COc1ccc(C2C(C(=O)NC3CCCCC3)c3cc(OC)c(OC)cc3C(=O)N2C)cc1. The van der Waals surface area contributed by atoms with E-state index in [-0.39, 0.29) is 17.9 Å². The van der Waals surface area contributed by atoms with E-state index in [1.54, 1.807) is 38.3 Å². The fraction of sp³-hybridized carbons (Fsp3) is 0.462. The topological polar surface area (TPSA) is 77.1 Å². The highest BCUT2D eigenvalue weighted by atomic mass is 16.5. The van der Waals surface area contributed by atoms with Crippen molar-refractivity contribution in [3.63, 3.8) is 0 Å². The molecule has 2 aromatic rings. The summed E-state index contributed by atoms with van der Waals surface area (Å²) in [4.78, 5) is 28.9. The molecule has 4 rings (SSSR count). The highest BCUT2D eigenvalue weighted by Crippen LogP contribution is 2.46. The van der Waals surface area contributed by atoms with E-state index in [1.165, 1.54) is 13.5 Å². The Bertz CT molecular complexity index is 1010. The third-order valence-corrected chi connectivity index (χ3v) is 6.87. The number of rotatable bonds is 6. The molecule has 2 aliphatic rings. The molecule has 1 N–H and O–H groups in total. The maximum absolute atomic E-state index is 13.8. The highest BCUT2D eigenvalue weighted by molar-refractivity contribution is 6.02. The summed E-state index contributed by atoms with van der Waals surface area (Å²) in [5.41, 5.74) is 1.99. The molecule has 2 unspecified atom stereocenters. The molecule has 2 aromatic carbocycles. The van der Waals surface area contributed by atoms with E-state index >= 15 is 0 Å². The van der Waals surface area contributed by atoms with Gasteiger partial charge < -0.3 is 24.4 Å². The van der Waals surface area contributed by atoms with E-state index in [9.17, 15) is 9.59 Å². The standard InChI is InChI=1S/C26H32N2O5/c1-28-24(16-10-12-18(31-2)13-11-16)23(25(29)27-17-8-6-5-7-9-17)19-14-21(32-3)22(33-4)15-20(19)26(28)30/h10-15,17,23-24H,5-9H2,1-4H3,(H,27,29). The van der Waals surface area contributed by atoms with Crippen molar-refractivity contribution in [2.75, 3.05) is 28.4 Å². The Labute approximate surface area is 195 Å². The number of fused-ring (bicyclic) bond motifs is 1. The van der Waals surface area contributed by atoms with E-state index in [2.05, 4.69) is 5.32 Å². The minimum Gasteiger partial charge on any atom is -0.497 e. The summed E-state index contributed by atoms with van der Waals surface area (Å²) in [6, 6.07) is 10.7. The molecular formula is C26H32N2O5. The largest absolute Gasteiger partial charge is 0.497 e. The Hall–Kier alpha value is -3.22. The first-order valence-corrected chi connectivity index (χ1v) is 11.5. The summed E-state index contributed by atoms with van der Waals surface area (Å²) in [7, 11) is 6.45. The van der Waals surface area contributed by atoms with E-state index in [1.807, 2.05) is 24.3 Å². The van der Waals surface area contributed by atoms with Gasteiger partial charge in [-0.3, -0.25) is 9.59 Å². The number of carbonyl (C=O) groups excluding carboxylic acids is 2. The van der Waals surface area contributed by atoms with Crippen LogP contribution in [0.1, 0.15) is 65.5 Å². The molecule has 0 saturated heterocycles. The van der Waals surface area contributed by atoms with Crippen molar-refractivity contribution in [1.29, 1.82) is 0 Å². The zero-order valence-corrected chi connectivity index (χ0v) is 19.7. The van der Waals surface area contributed by atoms with Gasteiger partial charge in [0.25, 0.3) is 5.91 Å². The first-order chi connectivity index (χ1) is 16.0. The van der Waals surface area contributed by atoms with Crippen molar-refractivity contribution >= 4 is 11.8 Å². The number of hydrogen-bond acceptors (Lipinski definition) is 5. The molecule has 0 radical (unpaired) electrons. The summed E-state index contributed by atoms with van der Waals surface area (Å²) in [6.07, 6.45) is 5.43. The van der Waals surface area contributed by atoms with Crippen LogP contribution in [0.5, 0.6) is 17.2 Å². The van der Waals surface area contributed by atoms with Gasteiger partial charge >= 0.3 is 0 Å². The second kappa shape index (κ2) is 9.73.